The number of aromatic nitrogens is 3. The highest BCUT2D eigenvalue weighted by molar-refractivity contribution is 5.45. The molecule has 0 radical (unpaired) electrons. The van der Waals surface area contributed by atoms with Crippen LogP contribution in [0.15, 0.2) is 6.33 Å². The Bertz CT molecular complexity index is 380. The van der Waals surface area contributed by atoms with Gasteiger partial charge in [-0.2, -0.15) is 0 Å². The Morgan fingerprint density at radius 3 is 2.83 bits per heavy atom. The van der Waals surface area contributed by atoms with Crippen LogP contribution in [-0.2, 0) is 0 Å². The van der Waals surface area contributed by atoms with Crippen molar-refractivity contribution >= 4 is 5.82 Å². The third-order valence-corrected chi connectivity index (χ3v) is 3.82. The molecule has 1 N–H and O–H groups in total. The molecule has 0 saturated carbocycles. The van der Waals surface area contributed by atoms with Gasteiger partial charge in [0.15, 0.2) is 5.82 Å². The Hall–Kier alpha value is -1.27. The van der Waals surface area contributed by atoms with Gasteiger partial charge in [-0.25, -0.2) is 4.98 Å². The number of likely N-dealkylation sites (tertiary alicyclic amines) is 1. The molecule has 2 aliphatic heterocycles. The summed E-state index contributed by atoms with van der Waals surface area (Å²) in [6.07, 6.45) is 2.73. The van der Waals surface area contributed by atoms with E-state index in [1.807, 2.05) is 0 Å². The molecule has 3 rings (SSSR count). The molecule has 98 valence electrons. The quantitative estimate of drug-likeness (QED) is 0.775. The summed E-state index contributed by atoms with van der Waals surface area (Å²) in [6, 6.07) is 0. The first-order valence-electron chi connectivity index (χ1n) is 6.66. The minimum atomic E-state index is 0.487. The molecule has 1 unspecified atom stereocenters. The lowest BCUT2D eigenvalue weighted by Gasteiger charge is -2.30. The van der Waals surface area contributed by atoms with Crippen molar-refractivity contribution in [2.75, 3.05) is 51.2 Å². The van der Waals surface area contributed by atoms with Gasteiger partial charge >= 0.3 is 0 Å². The molecule has 0 aliphatic carbocycles. The molecule has 0 bridgehead atoms. The van der Waals surface area contributed by atoms with E-state index in [9.17, 15) is 0 Å². The molecule has 2 fully saturated rings. The molecule has 2 saturated heterocycles. The third kappa shape index (κ3) is 2.30. The molecule has 3 heterocycles. The van der Waals surface area contributed by atoms with Gasteiger partial charge in [0, 0.05) is 38.6 Å². The minimum absolute atomic E-state index is 0.487. The lowest BCUT2D eigenvalue weighted by molar-refractivity contribution is 0.410. The van der Waals surface area contributed by atoms with Gasteiger partial charge in [-0.15, -0.1) is 10.2 Å². The van der Waals surface area contributed by atoms with Crippen LogP contribution in [0.4, 0.5) is 5.82 Å². The van der Waals surface area contributed by atoms with E-state index in [0.717, 1.165) is 57.2 Å². The summed E-state index contributed by atoms with van der Waals surface area (Å²) >= 11 is 0. The fourth-order valence-electron chi connectivity index (χ4n) is 2.82. The summed E-state index contributed by atoms with van der Waals surface area (Å²) in [5, 5.41) is 11.7. The number of piperazine rings is 1. The second-order valence-corrected chi connectivity index (χ2v) is 5.15. The van der Waals surface area contributed by atoms with E-state index in [1.54, 1.807) is 6.33 Å². The normalized spacial score (nSPS) is 25.6. The van der Waals surface area contributed by atoms with E-state index in [0.29, 0.717) is 5.92 Å². The molecule has 1 aromatic heterocycles. The first-order chi connectivity index (χ1) is 8.84. The van der Waals surface area contributed by atoms with Crippen molar-refractivity contribution in [1.82, 2.24) is 25.4 Å². The highest BCUT2D eigenvalue weighted by Crippen LogP contribution is 2.30. The summed E-state index contributed by atoms with van der Waals surface area (Å²) in [7, 11) is 2.16. The number of rotatable bonds is 2. The highest BCUT2D eigenvalue weighted by Gasteiger charge is 2.28. The molecule has 6 heteroatoms. The van der Waals surface area contributed by atoms with Crippen molar-refractivity contribution in [2.24, 2.45) is 0 Å². The lowest BCUT2D eigenvalue weighted by Crippen LogP contribution is -2.44. The average Bonchev–Trinajstić information content (AvgIpc) is 2.86. The maximum Gasteiger partial charge on any atom is 0.154 e. The van der Waals surface area contributed by atoms with Crippen LogP contribution >= 0.6 is 0 Å². The smallest absolute Gasteiger partial charge is 0.154 e. The Morgan fingerprint density at radius 2 is 2.11 bits per heavy atom. The van der Waals surface area contributed by atoms with Gasteiger partial charge in [-0.3, -0.25) is 0 Å². The number of hydrogen-bond acceptors (Lipinski definition) is 6. The van der Waals surface area contributed by atoms with E-state index in [1.165, 1.54) is 0 Å². The molecule has 18 heavy (non-hydrogen) atoms. The summed E-state index contributed by atoms with van der Waals surface area (Å²) in [5.74, 6) is 1.54. The molecule has 6 nitrogen and oxygen atoms in total. The van der Waals surface area contributed by atoms with Crippen LogP contribution in [0, 0.1) is 0 Å². The summed E-state index contributed by atoms with van der Waals surface area (Å²) in [4.78, 5) is 9.16. The molecule has 0 aromatic carbocycles. The van der Waals surface area contributed by atoms with E-state index in [4.69, 9.17) is 0 Å². The van der Waals surface area contributed by atoms with Gasteiger partial charge in [0.1, 0.15) is 12.0 Å². The van der Waals surface area contributed by atoms with Crippen LogP contribution in [-0.4, -0.2) is 66.4 Å². The van der Waals surface area contributed by atoms with Crippen molar-refractivity contribution in [1.29, 1.82) is 0 Å². The van der Waals surface area contributed by atoms with Crippen LogP contribution < -0.4 is 10.2 Å². The van der Waals surface area contributed by atoms with Gasteiger partial charge in [0.05, 0.1) is 0 Å². The maximum atomic E-state index is 4.48. The maximum absolute atomic E-state index is 4.48. The van der Waals surface area contributed by atoms with Gasteiger partial charge < -0.3 is 15.1 Å². The van der Waals surface area contributed by atoms with E-state index in [2.05, 4.69) is 37.3 Å². The topological polar surface area (TPSA) is 57.2 Å². The summed E-state index contributed by atoms with van der Waals surface area (Å²) < 4.78 is 0. The van der Waals surface area contributed by atoms with Crippen LogP contribution in [0.3, 0.4) is 0 Å². The number of hydrogen-bond donors (Lipinski definition) is 1. The van der Waals surface area contributed by atoms with Crippen molar-refractivity contribution < 1.29 is 0 Å². The lowest BCUT2D eigenvalue weighted by atomic mass is 10.0. The Kier molecular flexibility index (Phi) is 3.38. The molecule has 1 atom stereocenters. The first-order valence-corrected chi connectivity index (χ1v) is 6.66. The third-order valence-electron chi connectivity index (χ3n) is 3.82. The molecular formula is C12H20N6. The van der Waals surface area contributed by atoms with E-state index >= 15 is 0 Å². The minimum Gasteiger partial charge on any atom is -0.352 e. The van der Waals surface area contributed by atoms with Crippen LogP contribution in [0.1, 0.15) is 18.0 Å². The van der Waals surface area contributed by atoms with Crippen LogP contribution in [0.5, 0.6) is 0 Å². The highest BCUT2D eigenvalue weighted by atomic mass is 15.3. The zero-order valence-corrected chi connectivity index (χ0v) is 10.8. The molecule has 0 amide bonds. The molecule has 1 aromatic rings. The Labute approximate surface area is 107 Å². The predicted octanol–water partition coefficient (Wildman–Crippen LogP) is -0.300. The molecule has 2 aliphatic rings. The zero-order valence-electron chi connectivity index (χ0n) is 10.8. The van der Waals surface area contributed by atoms with Crippen molar-refractivity contribution in [3.8, 4) is 0 Å². The van der Waals surface area contributed by atoms with Crippen LogP contribution in [0.2, 0.25) is 0 Å². The number of likely N-dealkylation sites (N-methyl/N-ethyl adjacent to an activating group) is 1. The van der Waals surface area contributed by atoms with E-state index < -0.39 is 0 Å². The second kappa shape index (κ2) is 5.16. The average molecular weight is 248 g/mol. The van der Waals surface area contributed by atoms with Crippen molar-refractivity contribution in [3.05, 3.63) is 12.0 Å². The van der Waals surface area contributed by atoms with Gasteiger partial charge in [0.2, 0.25) is 0 Å². The molecule has 0 spiro atoms. The fourth-order valence-corrected chi connectivity index (χ4v) is 2.82. The first kappa shape index (κ1) is 11.8. The standard InChI is InChI=1S/C12H20N6/c1-17-5-2-10(8-17)11-12(14-9-15-16-11)18-6-3-13-4-7-18/h9-10,13H,2-8H2,1H3. The van der Waals surface area contributed by atoms with Gasteiger partial charge in [-0.05, 0) is 20.0 Å². The number of nitrogens with one attached hydrogen (secondary N) is 1. The second-order valence-electron chi connectivity index (χ2n) is 5.15. The summed E-state index contributed by atoms with van der Waals surface area (Å²) in [6.45, 7) is 6.27. The Balaban J connectivity index is 1.84. The number of nitrogens with zero attached hydrogens (tertiary/aromatic N) is 5. The zero-order chi connectivity index (χ0) is 12.4. The fraction of sp³-hybridized carbons (Fsp3) is 0.750. The monoisotopic (exact) mass is 248 g/mol. The Morgan fingerprint density at radius 1 is 1.28 bits per heavy atom. The molecular weight excluding hydrogens is 228 g/mol. The number of anilines is 1. The van der Waals surface area contributed by atoms with Gasteiger partial charge in [0.25, 0.3) is 0 Å². The van der Waals surface area contributed by atoms with Crippen LogP contribution in [0.25, 0.3) is 0 Å². The largest absolute Gasteiger partial charge is 0.352 e. The van der Waals surface area contributed by atoms with Crippen molar-refractivity contribution in [2.45, 2.75) is 12.3 Å². The van der Waals surface area contributed by atoms with E-state index in [-0.39, 0.29) is 0 Å². The summed E-state index contributed by atoms with van der Waals surface area (Å²) in [5.41, 5.74) is 1.09. The predicted molar refractivity (Wildman–Crippen MR) is 69.8 cm³/mol. The SMILES string of the molecule is CN1CCC(c2nncnc2N2CCNCC2)C1. The van der Waals surface area contributed by atoms with Gasteiger partial charge in [-0.1, -0.05) is 0 Å². The van der Waals surface area contributed by atoms with Crippen molar-refractivity contribution in [3.63, 3.8) is 0 Å².